The van der Waals surface area contributed by atoms with Crippen molar-refractivity contribution in [3.8, 4) is 0 Å². The predicted molar refractivity (Wildman–Crippen MR) is 133 cm³/mol. The third-order valence-corrected chi connectivity index (χ3v) is 4.59. The van der Waals surface area contributed by atoms with Crippen molar-refractivity contribution in [1.82, 2.24) is 0 Å². The van der Waals surface area contributed by atoms with Gasteiger partial charge in [-0.15, -0.1) is 0 Å². The zero-order valence-electron chi connectivity index (χ0n) is 16.5. The summed E-state index contributed by atoms with van der Waals surface area (Å²) in [6, 6.07) is 19.7. The second kappa shape index (κ2) is 10.3. The molecular weight excluding hydrogens is 448 g/mol. The van der Waals surface area contributed by atoms with Gasteiger partial charge < -0.3 is 31.5 Å². The molecule has 0 aromatic heterocycles. The Balaban J connectivity index is 1.50. The van der Waals surface area contributed by atoms with Crippen LogP contribution in [0.5, 0.6) is 0 Å². The van der Waals surface area contributed by atoms with E-state index in [1.807, 2.05) is 24.3 Å². The number of carbonyl (C=O) groups is 2. The second-order valence-corrected chi connectivity index (χ2v) is 7.32. The van der Waals surface area contributed by atoms with E-state index in [-0.39, 0.29) is 11.1 Å². The van der Waals surface area contributed by atoms with Gasteiger partial charge in [0, 0.05) is 22.7 Å². The highest BCUT2D eigenvalue weighted by Gasteiger charge is 2.05. The Morgan fingerprint density at radius 3 is 0.938 bits per heavy atom. The Morgan fingerprint density at radius 2 is 0.719 bits per heavy atom. The Hall–Kier alpha value is -4.02. The number of anilines is 4. The summed E-state index contributed by atoms with van der Waals surface area (Å²) in [6.07, 6.45) is 0. The summed E-state index contributed by atoms with van der Waals surface area (Å²) in [5.74, 6) is -1.98. The van der Waals surface area contributed by atoms with E-state index in [0.29, 0.717) is 21.6 Å². The van der Waals surface area contributed by atoms with Crippen molar-refractivity contribution in [1.29, 1.82) is 0 Å². The molecule has 0 radical (unpaired) electrons. The minimum absolute atomic E-state index is 0.196. The number of hydrogen-bond acceptors (Lipinski definition) is 4. The number of nitrogens with one attached hydrogen (secondary N) is 4. The van der Waals surface area contributed by atoms with Gasteiger partial charge >= 0.3 is 11.9 Å². The average Bonchev–Trinajstić information content (AvgIpc) is 2.76. The number of benzene rings is 3. The monoisotopic (exact) mass is 466 g/mol. The van der Waals surface area contributed by atoms with E-state index in [2.05, 4.69) is 21.3 Å². The molecule has 0 aliphatic heterocycles. The van der Waals surface area contributed by atoms with Crippen LogP contribution in [0.4, 0.5) is 22.7 Å². The first-order valence-electron chi connectivity index (χ1n) is 9.23. The van der Waals surface area contributed by atoms with Crippen molar-refractivity contribution < 1.29 is 19.8 Å². The van der Waals surface area contributed by atoms with E-state index >= 15 is 0 Å². The zero-order valence-corrected chi connectivity index (χ0v) is 18.1. The summed E-state index contributed by atoms with van der Waals surface area (Å²) in [6.45, 7) is 0. The molecule has 0 saturated carbocycles. The van der Waals surface area contributed by atoms with E-state index in [4.69, 9.17) is 34.6 Å². The summed E-state index contributed by atoms with van der Waals surface area (Å²) in [5, 5.41) is 30.6. The van der Waals surface area contributed by atoms with Gasteiger partial charge in [0.2, 0.25) is 0 Å². The number of carboxylic acid groups (broad SMARTS) is 2. The molecule has 0 atom stereocenters. The van der Waals surface area contributed by atoms with E-state index < -0.39 is 11.9 Å². The third kappa shape index (κ3) is 6.49. The molecular formula is C22H18N4O4S2. The van der Waals surface area contributed by atoms with Gasteiger partial charge in [0.1, 0.15) is 0 Å². The Kier molecular flexibility index (Phi) is 7.32. The van der Waals surface area contributed by atoms with Crippen molar-refractivity contribution in [2.75, 3.05) is 21.3 Å². The van der Waals surface area contributed by atoms with E-state index in [0.717, 1.165) is 11.4 Å². The smallest absolute Gasteiger partial charge is 0.335 e. The maximum Gasteiger partial charge on any atom is 0.335 e. The lowest BCUT2D eigenvalue weighted by Gasteiger charge is -2.13. The van der Waals surface area contributed by atoms with Gasteiger partial charge in [-0.1, -0.05) is 0 Å². The van der Waals surface area contributed by atoms with Crippen LogP contribution in [0.2, 0.25) is 0 Å². The van der Waals surface area contributed by atoms with Crippen LogP contribution in [0.25, 0.3) is 0 Å². The van der Waals surface area contributed by atoms with Crippen LogP contribution in [-0.2, 0) is 0 Å². The minimum atomic E-state index is -0.989. The molecule has 0 unspecified atom stereocenters. The molecule has 0 fully saturated rings. The van der Waals surface area contributed by atoms with Crippen molar-refractivity contribution in [3.63, 3.8) is 0 Å². The zero-order chi connectivity index (χ0) is 23.1. The SMILES string of the molecule is O=C(O)c1ccc(NC(=S)Nc2ccc(NC(=S)Nc3ccc(C(=O)O)cc3)cc2)cc1. The van der Waals surface area contributed by atoms with Crippen LogP contribution >= 0.6 is 24.4 Å². The Labute approximate surface area is 194 Å². The average molecular weight is 467 g/mol. The standard InChI is InChI=1S/C22H18N4O4S2/c27-19(28)13-1-5-15(6-2-13)23-21(31)25-17-9-11-18(12-10-17)26-22(32)24-16-7-3-14(4-8-16)20(29)30/h1-12H,(H,27,28)(H,29,30)(H2,23,25,31)(H2,24,26,32). The molecule has 0 heterocycles. The lowest BCUT2D eigenvalue weighted by Crippen LogP contribution is -2.20. The van der Waals surface area contributed by atoms with E-state index in [1.165, 1.54) is 24.3 Å². The molecule has 6 N–H and O–H groups in total. The van der Waals surface area contributed by atoms with Gasteiger partial charge in [-0.05, 0) is 97.2 Å². The molecule has 8 nitrogen and oxygen atoms in total. The van der Waals surface area contributed by atoms with Crippen molar-refractivity contribution in [2.24, 2.45) is 0 Å². The quantitative estimate of drug-likeness (QED) is 0.285. The van der Waals surface area contributed by atoms with Gasteiger partial charge in [0.05, 0.1) is 11.1 Å². The topological polar surface area (TPSA) is 123 Å². The number of aromatic carboxylic acids is 2. The van der Waals surface area contributed by atoms with Crippen LogP contribution in [-0.4, -0.2) is 32.4 Å². The van der Waals surface area contributed by atoms with Gasteiger partial charge in [0.15, 0.2) is 10.2 Å². The van der Waals surface area contributed by atoms with Gasteiger partial charge in [0.25, 0.3) is 0 Å². The molecule has 10 heteroatoms. The Bertz CT molecular complexity index is 1060. The number of hydrogen-bond donors (Lipinski definition) is 6. The van der Waals surface area contributed by atoms with Crippen LogP contribution in [0.3, 0.4) is 0 Å². The highest BCUT2D eigenvalue weighted by molar-refractivity contribution is 7.81. The van der Waals surface area contributed by atoms with Gasteiger partial charge in [-0.3, -0.25) is 0 Å². The molecule has 3 rings (SSSR count). The first-order chi connectivity index (χ1) is 15.3. The van der Waals surface area contributed by atoms with Crippen molar-refractivity contribution >= 4 is 69.3 Å². The van der Waals surface area contributed by atoms with Gasteiger partial charge in [-0.25, -0.2) is 9.59 Å². The summed E-state index contributed by atoms with van der Waals surface area (Å²) >= 11 is 10.6. The van der Waals surface area contributed by atoms with Crippen LogP contribution < -0.4 is 21.3 Å². The van der Waals surface area contributed by atoms with Crippen LogP contribution in [0, 0.1) is 0 Å². The van der Waals surface area contributed by atoms with E-state index in [9.17, 15) is 9.59 Å². The maximum atomic E-state index is 10.9. The second-order valence-electron chi connectivity index (χ2n) is 6.50. The molecule has 0 spiro atoms. The maximum absolute atomic E-state index is 10.9. The van der Waals surface area contributed by atoms with E-state index in [1.54, 1.807) is 24.3 Å². The number of thiocarbonyl (C=S) groups is 2. The molecule has 0 aliphatic carbocycles. The molecule has 162 valence electrons. The van der Waals surface area contributed by atoms with Crippen molar-refractivity contribution in [3.05, 3.63) is 83.9 Å². The fourth-order valence-corrected chi connectivity index (χ4v) is 3.09. The number of rotatable bonds is 6. The van der Waals surface area contributed by atoms with Crippen LogP contribution in [0.15, 0.2) is 72.8 Å². The first-order valence-corrected chi connectivity index (χ1v) is 10.0. The van der Waals surface area contributed by atoms with Crippen molar-refractivity contribution in [2.45, 2.75) is 0 Å². The van der Waals surface area contributed by atoms with Gasteiger partial charge in [-0.2, -0.15) is 0 Å². The fourth-order valence-electron chi connectivity index (χ4n) is 2.62. The highest BCUT2D eigenvalue weighted by atomic mass is 32.1. The largest absolute Gasteiger partial charge is 0.478 e. The Morgan fingerprint density at radius 1 is 0.500 bits per heavy atom. The predicted octanol–water partition coefficient (Wildman–Crippen LogP) is 4.70. The molecule has 32 heavy (non-hydrogen) atoms. The third-order valence-electron chi connectivity index (χ3n) is 4.18. The molecule has 3 aromatic carbocycles. The molecule has 3 aromatic rings. The number of carboxylic acids is 2. The first kappa shape index (κ1) is 22.7. The molecule has 0 bridgehead atoms. The summed E-state index contributed by atoms with van der Waals surface area (Å²) in [4.78, 5) is 21.8. The normalized spacial score (nSPS) is 10.0. The van der Waals surface area contributed by atoms with Crippen LogP contribution in [0.1, 0.15) is 20.7 Å². The fraction of sp³-hybridized carbons (Fsp3) is 0. The molecule has 0 amide bonds. The minimum Gasteiger partial charge on any atom is -0.478 e. The lowest BCUT2D eigenvalue weighted by atomic mass is 10.2. The molecule has 0 saturated heterocycles. The molecule has 0 aliphatic rings. The summed E-state index contributed by atoms with van der Waals surface area (Å²) in [5.41, 5.74) is 3.22. The lowest BCUT2D eigenvalue weighted by molar-refractivity contribution is 0.0686. The summed E-state index contributed by atoms with van der Waals surface area (Å²) in [7, 11) is 0. The highest BCUT2D eigenvalue weighted by Crippen LogP contribution is 2.16. The summed E-state index contributed by atoms with van der Waals surface area (Å²) < 4.78 is 0.